The van der Waals surface area contributed by atoms with E-state index in [9.17, 15) is 0 Å². The molecule has 0 aromatic heterocycles. The molecular formula is C18H20ClNO. The highest BCUT2D eigenvalue weighted by Crippen LogP contribution is 2.54. The van der Waals surface area contributed by atoms with Crippen LogP contribution in [0.3, 0.4) is 0 Å². The zero-order valence-electron chi connectivity index (χ0n) is 12.2. The second kappa shape index (κ2) is 5.70. The van der Waals surface area contributed by atoms with E-state index in [1.165, 1.54) is 5.56 Å². The Bertz CT molecular complexity index is 620. The lowest BCUT2D eigenvalue weighted by atomic mass is 9.57. The van der Waals surface area contributed by atoms with Gasteiger partial charge in [-0.2, -0.15) is 0 Å². The summed E-state index contributed by atoms with van der Waals surface area (Å²) >= 11 is 6.17. The summed E-state index contributed by atoms with van der Waals surface area (Å²) < 4.78 is 5.51. The van der Waals surface area contributed by atoms with Gasteiger partial charge in [-0.1, -0.05) is 41.9 Å². The minimum Gasteiger partial charge on any atom is -0.496 e. The summed E-state index contributed by atoms with van der Waals surface area (Å²) in [5.41, 5.74) is 8.64. The third kappa shape index (κ3) is 2.54. The van der Waals surface area contributed by atoms with Gasteiger partial charge in [0, 0.05) is 22.5 Å². The molecule has 110 valence electrons. The summed E-state index contributed by atoms with van der Waals surface area (Å²) in [5.74, 6) is 1.45. The van der Waals surface area contributed by atoms with Crippen LogP contribution >= 0.6 is 11.6 Å². The molecule has 2 aromatic rings. The number of halogens is 1. The lowest BCUT2D eigenvalue weighted by molar-refractivity contribution is 0.203. The van der Waals surface area contributed by atoms with Crippen molar-refractivity contribution in [2.45, 2.75) is 24.2 Å². The third-order valence-corrected chi connectivity index (χ3v) is 4.90. The zero-order valence-corrected chi connectivity index (χ0v) is 12.9. The van der Waals surface area contributed by atoms with Gasteiger partial charge in [-0.15, -0.1) is 0 Å². The molecule has 3 heteroatoms. The Labute approximate surface area is 130 Å². The van der Waals surface area contributed by atoms with Gasteiger partial charge in [0.05, 0.1) is 7.11 Å². The van der Waals surface area contributed by atoms with Crippen LogP contribution in [-0.4, -0.2) is 13.7 Å². The molecule has 0 amide bonds. The molecule has 1 fully saturated rings. The highest BCUT2D eigenvalue weighted by atomic mass is 35.5. The highest BCUT2D eigenvalue weighted by Gasteiger charge is 2.46. The van der Waals surface area contributed by atoms with Crippen LogP contribution in [0, 0.1) is 0 Å². The van der Waals surface area contributed by atoms with E-state index >= 15 is 0 Å². The summed E-state index contributed by atoms with van der Waals surface area (Å²) in [4.78, 5) is 0. The van der Waals surface area contributed by atoms with Gasteiger partial charge in [0.2, 0.25) is 0 Å². The molecule has 0 saturated heterocycles. The summed E-state index contributed by atoms with van der Waals surface area (Å²) in [6.45, 7) is 0.618. The highest BCUT2D eigenvalue weighted by molar-refractivity contribution is 6.30. The van der Waals surface area contributed by atoms with E-state index in [1.54, 1.807) is 7.11 Å². The van der Waals surface area contributed by atoms with Crippen molar-refractivity contribution in [2.24, 2.45) is 5.73 Å². The average molecular weight is 302 g/mol. The van der Waals surface area contributed by atoms with Crippen LogP contribution in [0.15, 0.2) is 48.5 Å². The largest absolute Gasteiger partial charge is 0.496 e. The van der Waals surface area contributed by atoms with Gasteiger partial charge in [-0.05, 0) is 42.5 Å². The van der Waals surface area contributed by atoms with Crippen molar-refractivity contribution in [3.8, 4) is 5.75 Å². The Hall–Kier alpha value is -1.51. The van der Waals surface area contributed by atoms with Gasteiger partial charge in [-0.3, -0.25) is 0 Å². The van der Waals surface area contributed by atoms with E-state index in [-0.39, 0.29) is 5.41 Å². The monoisotopic (exact) mass is 301 g/mol. The first-order valence-corrected chi connectivity index (χ1v) is 7.65. The maximum Gasteiger partial charge on any atom is 0.122 e. The molecule has 1 aliphatic carbocycles. The Morgan fingerprint density at radius 1 is 1.19 bits per heavy atom. The van der Waals surface area contributed by atoms with Crippen LogP contribution in [0.4, 0.5) is 0 Å². The number of hydrogen-bond acceptors (Lipinski definition) is 2. The standard InChI is InChI=1S/C18H20ClNO/c1-21-17-8-7-15(19)9-16(17)18(12-20)10-14(11-18)13-5-3-2-4-6-13/h2-9,14H,10-12,20H2,1H3. The van der Waals surface area contributed by atoms with Crippen LogP contribution in [0.5, 0.6) is 5.75 Å². The zero-order chi connectivity index (χ0) is 14.9. The number of ether oxygens (including phenoxy) is 1. The van der Waals surface area contributed by atoms with Gasteiger partial charge in [0.1, 0.15) is 5.75 Å². The third-order valence-electron chi connectivity index (χ3n) is 4.67. The van der Waals surface area contributed by atoms with Crippen molar-refractivity contribution in [1.29, 1.82) is 0 Å². The molecule has 1 saturated carbocycles. The van der Waals surface area contributed by atoms with E-state index in [0.29, 0.717) is 12.5 Å². The fraction of sp³-hybridized carbons (Fsp3) is 0.333. The van der Waals surface area contributed by atoms with Gasteiger partial charge in [-0.25, -0.2) is 0 Å². The molecule has 21 heavy (non-hydrogen) atoms. The van der Waals surface area contributed by atoms with Crippen LogP contribution in [0.25, 0.3) is 0 Å². The van der Waals surface area contributed by atoms with E-state index in [2.05, 4.69) is 30.3 Å². The van der Waals surface area contributed by atoms with Crippen molar-refractivity contribution in [3.63, 3.8) is 0 Å². The Morgan fingerprint density at radius 2 is 1.90 bits per heavy atom. The predicted octanol–water partition coefficient (Wildman–Crippen LogP) is 4.12. The second-order valence-electron chi connectivity index (χ2n) is 5.84. The van der Waals surface area contributed by atoms with Gasteiger partial charge < -0.3 is 10.5 Å². The minimum atomic E-state index is -0.0171. The average Bonchev–Trinajstić information content (AvgIpc) is 2.48. The number of benzene rings is 2. The number of nitrogens with two attached hydrogens (primary N) is 1. The lowest BCUT2D eigenvalue weighted by Gasteiger charge is -2.48. The predicted molar refractivity (Wildman–Crippen MR) is 87.2 cm³/mol. The molecule has 2 N–H and O–H groups in total. The molecular weight excluding hydrogens is 282 g/mol. The van der Waals surface area contributed by atoms with Gasteiger partial charge in [0.25, 0.3) is 0 Å². The lowest BCUT2D eigenvalue weighted by Crippen LogP contribution is -2.46. The molecule has 1 aliphatic rings. The molecule has 3 rings (SSSR count). The first kappa shape index (κ1) is 14.4. The van der Waals surface area contributed by atoms with Gasteiger partial charge >= 0.3 is 0 Å². The molecule has 0 bridgehead atoms. The fourth-order valence-corrected chi connectivity index (χ4v) is 3.61. The Kier molecular flexibility index (Phi) is 3.92. The molecule has 2 nitrogen and oxygen atoms in total. The number of rotatable bonds is 4. The molecule has 0 radical (unpaired) electrons. The van der Waals surface area contributed by atoms with Crippen molar-refractivity contribution in [1.82, 2.24) is 0 Å². The van der Waals surface area contributed by atoms with Crippen molar-refractivity contribution in [3.05, 3.63) is 64.7 Å². The minimum absolute atomic E-state index is 0.0171. The number of methoxy groups -OCH3 is 1. The summed E-state index contributed by atoms with van der Waals surface area (Å²) in [5, 5.41) is 0.738. The molecule has 0 aliphatic heterocycles. The second-order valence-corrected chi connectivity index (χ2v) is 6.28. The number of hydrogen-bond donors (Lipinski definition) is 1. The molecule has 0 unspecified atom stereocenters. The molecule has 2 aromatic carbocycles. The van der Waals surface area contributed by atoms with Crippen LogP contribution in [0.2, 0.25) is 5.02 Å². The summed E-state index contributed by atoms with van der Waals surface area (Å²) in [7, 11) is 1.70. The normalized spacial score (nSPS) is 24.4. The van der Waals surface area contributed by atoms with Crippen LogP contribution in [0.1, 0.15) is 29.9 Å². The van der Waals surface area contributed by atoms with Crippen molar-refractivity contribution >= 4 is 11.6 Å². The van der Waals surface area contributed by atoms with E-state index in [1.807, 2.05) is 18.2 Å². The molecule has 0 spiro atoms. The summed E-state index contributed by atoms with van der Waals surface area (Å²) in [6, 6.07) is 16.4. The van der Waals surface area contributed by atoms with Crippen LogP contribution in [-0.2, 0) is 5.41 Å². The Balaban J connectivity index is 1.89. The van der Waals surface area contributed by atoms with E-state index in [0.717, 1.165) is 29.2 Å². The fourth-order valence-electron chi connectivity index (χ4n) is 3.44. The molecule has 0 heterocycles. The maximum absolute atomic E-state index is 6.17. The van der Waals surface area contributed by atoms with Crippen LogP contribution < -0.4 is 10.5 Å². The van der Waals surface area contributed by atoms with E-state index in [4.69, 9.17) is 22.1 Å². The topological polar surface area (TPSA) is 35.2 Å². The Morgan fingerprint density at radius 3 is 2.52 bits per heavy atom. The molecule has 0 atom stereocenters. The SMILES string of the molecule is COc1ccc(Cl)cc1C1(CN)CC(c2ccccc2)C1. The quantitative estimate of drug-likeness (QED) is 0.922. The smallest absolute Gasteiger partial charge is 0.122 e. The van der Waals surface area contributed by atoms with Crippen molar-refractivity contribution in [2.75, 3.05) is 13.7 Å². The first-order valence-electron chi connectivity index (χ1n) is 7.27. The summed E-state index contributed by atoms with van der Waals surface area (Å²) in [6.07, 6.45) is 2.09. The first-order chi connectivity index (χ1) is 10.2. The maximum atomic E-state index is 6.17. The van der Waals surface area contributed by atoms with Crippen molar-refractivity contribution < 1.29 is 4.74 Å². The van der Waals surface area contributed by atoms with Gasteiger partial charge in [0.15, 0.2) is 0 Å². The van der Waals surface area contributed by atoms with E-state index < -0.39 is 0 Å².